The van der Waals surface area contributed by atoms with E-state index in [9.17, 15) is 13.2 Å². The molecule has 0 aliphatic carbocycles. The van der Waals surface area contributed by atoms with Gasteiger partial charge in [-0.05, 0) is 24.8 Å². The van der Waals surface area contributed by atoms with E-state index < -0.39 is 18.5 Å². The van der Waals surface area contributed by atoms with Gasteiger partial charge in [-0.3, -0.25) is 0 Å². The van der Waals surface area contributed by atoms with E-state index in [4.69, 9.17) is 5.73 Å². The van der Waals surface area contributed by atoms with Crippen LogP contribution in [0.5, 0.6) is 0 Å². The van der Waals surface area contributed by atoms with Gasteiger partial charge in [0.2, 0.25) is 0 Å². The van der Waals surface area contributed by atoms with E-state index in [0.29, 0.717) is 6.42 Å². The highest BCUT2D eigenvalue weighted by Gasteiger charge is 2.31. The number of nitrogens with two attached hydrogens (primary N) is 1. The van der Waals surface area contributed by atoms with Gasteiger partial charge >= 0.3 is 6.18 Å². The Labute approximate surface area is 71.1 Å². The summed E-state index contributed by atoms with van der Waals surface area (Å²) in [6.07, 6.45) is -4.27. The highest BCUT2D eigenvalue weighted by Crippen LogP contribution is 2.27. The Balaban J connectivity index is 3.83. The van der Waals surface area contributed by atoms with Gasteiger partial charge in [0.1, 0.15) is 0 Å². The zero-order valence-electron chi connectivity index (χ0n) is 7.49. The maximum absolute atomic E-state index is 11.9. The summed E-state index contributed by atoms with van der Waals surface area (Å²) in [6.45, 7) is 3.93. The average Bonchev–Trinajstić information content (AvgIpc) is 1.82. The van der Waals surface area contributed by atoms with Crippen LogP contribution in [0.2, 0.25) is 0 Å². The van der Waals surface area contributed by atoms with Gasteiger partial charge in [-0.1, -0.05) is 13.8 Å². The smallest absolute Gasteiger partial charge is 0.330 e. The summed E-state index contributed by atoms with van der Waals surface area (Å²) in [5, 5.41) is 0. The van der Waals surface area contributed by atoms with E-state index in [0.717, 1.165) is 0 Å². The van der Waals surface area contributed by atoms with E-state index in [1.54, 1.807) is 0 Å². The van der Waals surface area contributed by atoms with Crippen LogP contribution in [0.25, 0.3) is 0 Å². The molecule has 74 valence electrons. The van der Waals surface area contributed by atoms with E-state index in [1.165, 1.54) is 0 Å². The lowest BCUT2D eigenvalue weighted by atomic mass is 9.94. The van der Waals surface area contributed by atoms with Gasteiger partial charge in [0.05, 0.1) is 0 Å². The van der Waals surface area contributed by atoms with E-state index in [1.807, 2.05) is 13.8 Å². The second-order valence-corrected chi connectivity index (χ2v) is 3.55. The number of halogens is 3. The van der Waals surface area contributed by atoms with Gasteiger partial charge in [-0.2, -0.15) is 13.2 Å². The van der Waals surface area contributed by atoms with Gasteiger partial charge in [-0.15, -0.1) is 0 Å². The SMILES string of the molecule is CC(C)C[C@@H](CN)CC(F)(F)F. The second-order valence-electron chi connectivity index (χ2n) is 3.55. The minimum absolute atomic E-state index is 0.123. The van der Waals surface area contributed by atoms with Crippen molar-refractivity contribution in [2.45, 2.75) is 32.9 Å². The third kappa shape index (κ3) is 6.46. The van der Waals surface area contributed by atoms with Crippen molar-refractivity contribution in [3.63, 3.8) is 0 Å². The Kier molecular flexibility index (Phi) is 4.60. The van der Waals surface area contributed by atoms with Gasteiger partial charge in [0.15, 0.2) is 0 Å². The number of hydrogen-bond donors (Lipinski definition) is 1. The van der Waals surface area contributed by atoms with Crippen LogP contribution in [-0.4, -0.2) is 12.7 Å². The first-order valence-corrected chi connectivity index (χ1v) is 4.12. The van der Waals surface area contributed by atoms with Crippen LogP contribution in [-0.2, 0) is 0 Å². The predicted octanol–water partition coefficient (Wildman–Crippen LogP) is 2.56. The number of alkyl halides is 3. The first-order valence-electron chi connectivity index (χ1n) is 4.12. The van der Waals surface area contributed by atoms with Crippen molar-refractivity contribution in [1.29, 1.82) is 0 Å². The maximum atomic E-state index is 11.9. The predicted molar refractivity (Wildman–Crippen MR) is 42.7 cm³/mol. The first kappa shape index (κ1) is 11.8. The quantitative estimate of drug-likeness (QED) is 0.712. The van der Waals surface area contributed by atoms with Crippen LogP contribution < -0.4 is 5.73 Å². The molecule has 0 heterocycles. The van der Waals surface area contributed by atoms with Gasteiger partial charge in [0, 0.05) is 6.42 Å². The van der Waals surface area contributed by atoms with Crippen molar-refractivity contribution < 1.29 is 13.2 Å². The molecule has 0 rings (SSSR count). The van der Waals surface area contributed by atoms with Crippen LogP contribution in [0.15, 0.2) is 0 Å². The highest BCUT2D eigenvalue weighted by molar-refractivity contribution is 4.66. The fraction of sp³-hybridized carbons (Fsp3) is 1.00. The molecule has 0 aliphatic rings. The molecule has 1 atom stereocenters. The van der Waals surface area contributed by atoms with Crippen molar-refractivity contribution in [3.05, 3.63) is 0 Å². The molecule has 0 saturated carbocycles. The summed E-state index contributed by atoms with van der Waals surface area (Å²) in [4.78, 5) is 0. The monoisotopic (exact) mass is 183 g/mol. The summed E-state index contributed by atoms with van der Waals surface area (Å²) in [7, 11) is 0. The molecular formula is C8H16F3N. The lowest BCUT2D eigenvalue weighted by molar-refractivity contribution is -0.144. The lowest BCUT2D eigenvalue weighted by Gasteiger charge is -2.18. The standard InChI is InChI=1S/C8H16F3N/c1-6(2)3-7(5-12)4-8(9,10)11/h6-7H,3-5,12H2,1-2H3/t7-/m1/s1. The molecule has 0 aliphatic heterocycles. The third-order valence-corrected chi connectivity index (χ3v) is 1.66. The molecule has 0 aromatic rings. The largest absolute Gasteiger partial charge is 0.389 e. The molecule has 0 fully saturated rings. The lowest BCUT2D eigenvalue weighted by Crippen LogP contribution is -2.23. The van der Waals surface area contributed by atoms with E-state index >= 15 is 0 Å². The highest BCUT2D eigenvalue weighted by atomic mass is 19.4. The fourth-order valence-corrected chi connectivity index (χ4v) is 1.26. The summed E-state index contributed by atoms with van der Waals surface area (Å²) in [5.41, 5.74) is 5.23. The zero-order valence-corrected chi connectivity index (χ0v) is 7.49. The molecule has 0 unspecified atom stereocenters. The van der Waals surface area contributed by atoms with Gasteiger partial charge in [0.25, 0.3) is 0 Å². The van der Waals surface area contributed by atoms with Crippen LogP contribution in [0, 0.1) is 11.8 Å². The Bertz CT molecular complexity index is 120. The van der Waals surface area contributed by atoms with Crippen LogP contribution >= 0.6 is 0 Å². The molecule has 12 heavy (non-hydrogen) atoms. The molecule has 0 aromatic carbocycles. The van der Waals surface area contributed by atoms with Crippen molar-refractivity contribution in [1.82, 2.24) is 0 Å². The molecule has 0 amide bonds. The van der Waals surface area contributed by atoms with Crippen molar-refractivity contribution in [2.75, 3.05) is 6.54 Å². The molecule has 0 spiro atoms. The Morgan fingerprint density at radius 1 is 1.25 bits per heavy atom. The Morgan fingerprint density at radius 2 is 1.75 bits per heavy atom. The first-order chi connectivity index (χ1) is 5.35. The topological polar surface area (TPSA) is 26.0 Å². The minimum Gasteiger partial charge on any atom is -0.330 e. The second kappa shape index (κ2) is 4.70. The molecular weight excluding hydrogens is 167 g/mol. The Morgan fingerprint density at radius 3 is 2.00 bits per heavy atom. The summed E-state index contributed by atoms with van der Waals surface area (Å²) in [5.74, 6) is -0.133. The summed E-state index contributed by atoms with van der Waals surface area (Å²) < 4.78 is 35.7. The summed E-state index contributed by atoms with van der Waals surface area (Å²) in [6, 6.07) is 0. The molecule has 4 heteroatoms. The normalized spacial score (nSPS) is 15.2. The fourth-order valence-electron chi connectivity index (χ4n) is 1.26. The summed E-state index contributed by atoms with van der Waals surface area (Å²) >= 11 is 0. The van der Waals surface area contributed by atoms with Gasteiger partial charge < -0.3 is 5.73 Å². The molecule has 0 aromatic heterocycles. The van der Waals surface area contributed by atoms with Crippen LogP contribution in [0.3, 0.4) is 0 Å². The molecule has 2 N–H and O–H groups in total. The molecule has 0 radical (unpaired) electrons. The van der Waals surface area contributed by atoms with E-state index in [-0.39, 0.29) is 12.5 Å². The zero-order chi connectivity index (χ0) is 9.78. The number of hydrogen-bond acceptors (Lipinski definition) is 1. The molecule has 0 bridgehead atoms. The minimum atomic E-state index is -4.07. The third-order valence-electron chi connectivity index (χ3n) is 1.66. The van der Waals surface area contributed by atoms with Gasteiger partial charge in [-0.25, -0.2) is 0 Å². The van der Waals surface area contributed by atoms with Crippen molar-refractivity contribution in [2.24, 2.45) is 17.6 Å². The molecule has 0 saturated heterocycles. The average molecular weight is 183 g/mol. The van der Waals surface area contributed by atoms with E-state index in [2.05, 4.69) is 0 Å². The van der Waals surface area contributed by atoms with Crippen LogP contribution in [0.4, 0.5) is 13.2 Å². The number of rotatable bonds is 4. The molecule has 1 nitrogen and oxygen atoms in total. The van der Waals surface area contributed by atoms with Crippen LogP contribution in [0.1, 0.15) is 26.7 Å². The maximum Gasteiger partial charge on any atom is 0.389 e. The van der Waals surface area contributed by atoms with Crippen molar-refractivity contribution >= 4 is 0 Å². The van der Waals surface area contributed by atoms with Crippen molar-refractivity contribution in [3.8, 4) is 0 Å². The Hall–Kier alpha value is -0.250.